The highest BCUT2D eigenvalue weighted by atomic mass is 16.6. The first kappa shape index (κ1) is 17.2. The molecule has 2 heterocycles. The van der Waals surface area contributed by atoms with E-state index in [4.69, 9.17) is 10.5 Å². The lowest BCUT2D eigenvalue weighted by atomic mass is 10.1. The second-order valence-corrected chi connectivity index (χ2v) is 5.90. The Morgan fingerprint density at radius 3 is 2.50 bits per heavy atom. The summed E-state index contributed by atoms with van der Waals surface area (Å²) in [6.07, 6.45) is 0. The lowest BCUT2D eigenvalue weighted by Crippen LogP contribution is -2.02. The van der Waals surface area contributed by atoms with Crippen LogP contribution in [0.15, 0.2) is 54.6 Å². The second kappa shape index (κ2) is 6.83. The van der Waals surface area contributed by atoms with Crippen LogP contribution in [0.1, 0.15) is 0 Å². The maximum absolute atomic E-state index is 10.8. The van der Waals surface area contributed by atoms with E-state index in [0.717, 1.165) is 17.0 Å². The van der Waals surface area contributed by atoms with Gasteiger partial charge in [-0.05, 0) is 42.5 Å². The third-order valence-corrected chi connectivity index (χ3v) is 4.23. The Kier molecular flexibility index (Phi) is 4.20. The Bertz CT molecular complexity index is 1130. The minimum absolute atomic E-state index is 0.0136. The fourth-order valence-electron chi connectivity index (χ4n) is 2.74. The molecule has 0 amide bonds. The van der Waals surface area contributed by atoms with Gasteiger partial charge in [0.25, 0.3) is 5.69 Å². The summed E-state index contributed by atoms with van der Waals surface area (Å²) < 4.78 is 6.57. The number of benzene rings is 2. The Balaban J connectivity index is 1.64. The predicted molar refractivity (Wildman–Crippen MR) is 102 cm³/mol. The third-order valence-electron chi connectivity index (χ3n) is 4.23. The monoisotopic (exact) mass is 377 g/mol. The molecule has 140 valence electrons. The van der Waals surface area contributed by atoms with Crippen molar-refractivity contribution in [3.63, 3.8) is 0 Å². The number of methoxy groups -OCH3 is 1. The number of nitrogens with one attached hydrogen (secondary N) is 1. The van der Waals surface area contributed by atoms with E-state index in [1.807, 2.05) is 30.3 Å². The molecular formula is C18H15N7O3. The van der Waals surface area contributed by atoms with E-state index in [1.54, 1.807) is 19.2 Å². The van der Waals surface area contributed by atoms with Gasteiger partial charge in [0.15, 0.2) is 11.5 Å². The second-order valence-electron chi connectivity index (χ2n) is 5.90. The van der Waals surface area contributed by atoms with Gasteiger partial charge >= 0.3 is 0 Å². The standard InChI is InChI=1S/C18H15N7O3/c1-28-14-8-2-11(3-9-14)15-10-16(21-20-15)17-18(19)24(23-22-17)12-4-6-13(7-5-12)25(26)27/h2-10H,19H2,1H3,(H,20,21). The van der Waals surface area contributed by atoms with E-state index in [2.05, 4.69) is 20.5 Å². The molecular weight excluding hydrogens is 362 g/mol. The van der Waals surface area contributed by atoms with Crippen molar-refractivity contribution in [3.05, 3.63) is 64.7 Å². The van der Waals surface area contributed by atoms with E-state index < -0.39 is 4.92 Å². The van der Waals surface area contributed by atoms with Crippen molar-refractivity contribution >= 4 is 11.5 Å². The first-order valence-electron chi connectivity index (χ1n) is 8.23. The number of non-ortho nitro benzene ring substituents is 1. The molecule has 0 aliphatic heterocycles. The molecule has 4 rings (SSSR count). The Hall–Kier alpha value is -4.21. The zero-order valence-corrected chi connectivity index (χ0v) is 14.7. The quantitative estimate of drug-likeness (QED) is 0.403. The summed E-state index contributed by atoms with van der Waals surface area (Å²) in [6.45, 7) is 0. The molecule has 0 fully saturated rings. The van der Waals surface area contributed by atoms with Crippen LogP contribution in [0.25, 0.3) is 28.3 Å². The van der Waals surface area contributed by atoms with Crippen LogP contribution in [0.4, 0.5) is 11.5 Å². The maximum Gasteiger partial charge on any atom is 0.269 e. The maximum atomic E-state index is 10.8. The van der Waals surface area contributed by atoms with Gasteiger partial charge in [-0.25, -0.2) is 0 Å². The first-order chi connectivity index (χ1) is 13.6. The fourth-order valence-corrected chi connectivity index (χ4v) is 2.74. The molecule has 0 atom stereocenters. The number of H-pyrrole nitrogens is 1. The van der Waals surface area contributed by atoms with Crippen molar-refractivity contribution in [3.8, 4) is 34.1 Å². The van der Waals surface area contributed by atoms with E-state index in [1.165, 1.54) is 16.8 Å². The summed E-state index contributed by atoms with van der Waals surface area (Å²) in [6, 6.07) is 15.2. The highest BCUT2D eigenvalue weighted by Gasteiger charge is 2.16. The lowest BCUT2D eigenvalue weighted by Gasteiger charge is -2.02. The first-order valence-corrected chi connectivity index (χ1v) is 8.23. The van der Waals surface area contributed by atoms with Gasteiger partial charge in [0, 0.05) is 17.7 Å². The Labute approximate surface area is 158 Å². The van der Waals surface area contributed by atoms with Crippen molar-refractivity contribution in [2.24, 2.45) is 0 Å². The van der Waals surface area contributed by atoms with Gasteiger partial charge in [0.2, 0.25) is 0 Å². The van der Waals surface area contributed by atoms with Crippen molar-refractivity contribution < 1.29 is 9.66 Å². The molecule has 10 heteroatoms. The van der Waals surface area contributed by atoms with Gasteiger partial charge in [-0.3, -0.25) is 15.2 Å². The van der Waals surface area contributed by atoms with Crippen molar-refractivity contribution in [1.82, 2.24) is 25.2 Å². The Morgan fingerprint density at radius 1 is 1.14 bits per heavy atom. The van der Waals surface area contributed by atoms with Crippen LogP contribution < -0.4 is 10.5 Å². The number of aromatic nitrogens is 5. The normalized spacial score (nSPS) is 10.8. The smallest absolute Gasteiger partial charge is 0.269 e. The number of nitrogens with zero attached hydrogens (tertiary/aromatic N) is 5. The summed E-state index contributed by atoms with van der Waals surface area (Å²) >= 11 is 0. The van der Waals surface area contributed by atoms with Gasteiger partial charge in [-0.1, -0.05) is 5.21 Å². The van der Waals surface area contributed by atoms with Gasteiger partial charge in [-0.2, -0.15) is 9.78 Å². The summed E-state index contributed by atoms with van der Waals surface area (Å²) in [4.78, 5) is 10.3. The van der Waals surface area contributed by atoms with Crippen molar-refractivity contribution in [1.29, 1.82) is 0 Å². The van der Waals surface area contributed by atoms with Crippen molar-refractivity contribution in [2.75, 3.05) is 12.8 Å². The number of nitrogen functional groups attached to an aromatic ring is 1. The number of hydrogen-bond donors (Lipinski definition) is 2. The van der Waals surface area contributed by atoms with E-state index in [9.17, 15) is 10.1 Å². The minimum Gasteiger partial charge on any atom is -0.497 e. The molecule has 4 aromatic rings. The topological polar surface area (TPSA) is 138 Å². The number of hydrogen-bond acceptors (Lipinski definition) is 7. The lowest BCUT2D eigenvalue weighted by molar-refractivity contribution is -0.384. The molecule has 0 unspecified atom stereocenters. The SMILES string of the molecule is COc1ccc(-c2cc(-c3nnn(-c4ccc([N+](=O)[O-])cc4)c3N)[nH]n2)cc1. The van der Waals surface area contributed by atoms with Crippen LogP contribution in [0.5, 0.6) is 5.75 Å². The number of aromatic amines is 1. The largest absolute Gasteiger partial charge is 0.497 e. The summed E-state index contributed by atoms with van der Waals surface area (Å²) in [5.74, 6) is 1.05. The number of nitro groups is 1. The molecule has 2 aromatic carbocycles. The molecule has 0 spiro atoms. The van der Waals surface area contributed by atoms with Crippen molar-refractivity contribution in [2.45, 2.75) is 0 Å². The van der Waals surface area contributed by atoms with E-state index >= 15 is 0 Å². The molecule has 2 aromatic heterocycles. The zero-order valence-electron chi connectivity index (χ0n) is 14.7. The zero-order chi connectivity index (χ0) is 19.7. The van der Waals surface area contributed by atoms with Crippen LogP contribution in [0.3, 0.4) is 0 Å². The van der Waals surface area contributed by atoms with Crippen LogP contribution >= 0.6 is 0 Å². The van der Waals surface area contributed by atoms with Gasteiger partial charge < -0.3 is 10.5 Å². The third kappa shape index (κ3) is 3.03. The molecule has 0 bridgehead atoms. The molecule has 0 radical (unpaired) electrons. The van der Waals surface area contributed by atoms with Crippen LogP contribution in [-0.2, 0) is 0 Å². The molecule has 0 aliphatic rings. The molecule has 3 N–H and O–H groups in total. The van der Waals surface area contributed by atoms with Crippen LogP contribution in [-0.4, -0.2) is 37.2 Å². The molecule has 0 saturated heterocycles. The predicted octanol–water partition coefficient (Wildman–Crippen LogP) is 2.82. The molecule has 28 heavy (non-hydrogen) atoms. The number of anilines is 1. The van der Waals surface area contributed by atoms with Gasteiger partial charge in [-0.15, -0.1) is 5.10 Å². The van der Waals surface area contributed by atoms with Crippen LogP contribution in [0, 0.1) is 10.1 Å². The Morgan fingerprint density at radius 2 is 1.86 bits per heavy atom. The molecule has 0 aliphatic carbocycles. The number of nitrogens with two attached hydrogens (primary N) is 1. The minimum atomic E-state index is -0.467. The number of rotatable bonds is 5. The summed E-state index contributed by atoms with van der Waals surface area (Å²) in [5.41, 5.74) is 9.42. The fraction of sp³-hybridized carbons (Fsp3) is 0.0556. The summed E-state index contributed by atoms with van der Waals surface area (Å²) in [5, 5.41) is 26.2. The average molecular weight is 377 g/mol. The molecule has 0 saturated carbocycles. The highest BCUT2D eigenvalue weighted by molar-refractivity contribution is 5.72. The van der Waals surface area contributed by atoms with Gasteiger partial charge in [0.1, 0.15) is 5.75 Å². The van der Waals surface area contributed by atoms with Crippen LogP contribution in [0.2, 0.25) is 0 Å². The van der Waals surface area contributed by atoms with E-state index in [-0.39, 0.29) is 5.69 Å². The highest BCUT2D eigenvalue weighted by Crippen LogP contribution is 2.28. The molecule has 10 nitrogen and oxygen atoms in total. The number of nitro benzene ring substituents is 1. The average Bonchev–Trinajstić information content (AvgIpc) is 3.35. The summed E-state index contributed by atoms with van der Waals surface area (Å²) in [7, 11) is 1.61. The van der Waals surface area contributed by atoms with Gasteiger partial charge in [0.05, 0.1) is 29.1 Å². The van der Waals surface area contributed by atoms with E-state index in [0.29, 0.717) is 22.9 Å². The number of ether oxygens (including phenoxy) is 1.